The monoisotopic (exact) mass is 311 g/mol. The lowest BCUT2D eigenvalue weighted by atomic mass is 10.0. The van der Waals surface area contributed by atoms with E-state index in [4.69, 9.17) is 10.3 Å². The van der Waals surface area contributed by atoms with Gasteiger partial charge in [-0.2, -0.15) is 0 Å². The number of nitrogens with zero attached hydrogens (tertiary/aromatic N) is 2. The van der Waals surface area contributed by atoms with Gasteiger partial charge in [-0.25, -0.2) is 0 Å². The first kappa shape index (κ1) is 12.6. The van der Waals surface area contributed by atoms with Crippen molar-refractivity contribution in [2.75, 3.05) is 5.73 Å². The molecule has 0 amide bonds. The van der Waals surface area contributed by atoms with Crippen LogP contribution in [0.15, 0.2) is 21.1 Å². The molecule has 1 aromatic carbocycles. The quantitative estimate of drug-likeness (QED) is 0.522. The van der Waals surface area contributed by atoms with Gasteiger partial charge in [0.1, 0.15) is 11.4 Å². The molecule has 2 N–H and O–H groups in total. The minimum atomic E-state index is -0.512. The molecular formula is C11H10BrN3O3. The van der Waals surface area contributed by atoms with Crippen LogP contribution in [0, 0.1) is 24.0 Å². The van der Waals surface area contributed by atoms with Gasteiger partial charge in [0.2, 0.25) is 0 Å². The summed E-state index contributed by atoms with van der Waals surface area (Å²) in [6, 6.07) is 3.14. The van der Waals surface area contributed by atoms with E-state index in [2.05, 4.69) is 21.1 Å². The summed E-state index contributed by atoms with van der Waals surface area (Å²) in [6.45, 7) is 3.54. The number of nitro groups is 1. The van der Waals surface area contributed by atoms with Gasteiger partial charge in [0.25, 0.3) is 5.69 Å². The van der Waals surface area contributed by atoms with Gasteiger partial charge < -0.3 is 10.3 Å². The van der Waals surface area contributed by atoms with Crippen molar-refractivity contribution in [1.82, 2.24) is 5.16 Å². The van der Waals surface area contributed by atoms with Gasteiger partial charge >= 0.3 is 0 Å². The first-order chi connectivity index (χ1) is 8.41. The van der Waals surface area contributed by atoms with Crippen LogP contribution in [0.2, 0.25) is 0 Å². The molecule has 0 aliphatic heterocycles. The zero-order chi connectivity index (χ0) is 13.4. The Kier molecular flexibility index (Phi) is 3.08. The van der Waals surface area contributed by atoms with Crippen molar-refractivity contribution >= 4 is 27.3 Å². The fourth-order valence-corrected chi connectivity index (χ4v) is 2.24. The third kappa shape index (κ3) is 1.97. The molecule has 0 aliphatic rings. The molecule has 0 saturated carbocycles. The summed E-state index contributed by atoms with van der Waals surface area (Å²) in [4.78, 5) is 10.4. The number of halogens is 1. The van der Waals surface area contributed by atoms with Gasteiger partial charge in [-0.3, -0.25) is 10.1 Å². The van der Waals surface area contributed by atoms with Crippen LogP contribution < -0.4 is 5.73 Å². The van der Waals surface area contributed by atoms with Crippen LogP contribution in [-0.2, 0) is 0 Å². The predicted molar refractivity (Wildman–Crippen MR) is 70.2 cm³/mol. The predicted octanol–water partition coefficient (Wildman–Crippen LogP) is 3.21. The van der Waals surface area contributed by atoms with Crippen LogP contribution >= 0.6 is 15.9 Å². The normalized spacial score (nSPS) is 10.6. The third-order valence-corrected chi connectivity index (χ3v) is 3.28. The van der Waals surface area contributed by atoms with Crippen LogP contribution in [0.1, 0.15) is 11.5 Å². The number of aryl methyl sites for hydroxylation is 2. The SMILES string of the molecule is Cc1noc(C)c1-c1cc(Br)c(N)c([N+](=O)[O-])c1. The lowest BCUT2D eigenvalue weighted by Gasteiger charge is -2.05. The van der Waals surface area contributed by atoms with Crippen molar-refractivity contribution in [1.29, 1.82) is 0 Å². The smallest absolute Gasteiger partial charge is 0.293 e. The molecule has 0 spiro atoms. The molecule has 2 rings (SSSR count). The number of nitrogen functional groups attached to an aromatic ring is 1. The van der Waals surface area contributed by atoms with E-state index in [1.54, 1.807) is 19.9 Å². The minimum Gasteiger partial charge on any atom is -0.392 e. The van der Waals surface area contributed by atoms with Crippen molar-refractivity contribution in [2.45, 2.75) is 13.8 Å². The van der Waals surface area contributed by atoms with Gasteiger partial charge in [0.15, 0.2) is 0 Å². The van der Waals surface area contributed by atoms with E-state index >= 15 is 0 Å². The molecule has 94 valence electrons. The van der Waals surface area contributed by atoms with Gasteiger partial charge in [-0.1, -0.05) is 5.16 Å². The van der Waals surface area contributed by atoms with E-state index < -0.39 is 4.92 Å². The number of anilines is 1. The Labute approximate surface area is 111 Å². The number of hydrogen-bond donors (Lipinski definition) is 1. The van der Waals surface area contributed by atoms with Crippen molar-refractivity contribution in [3.8, 4) is 11.1 Å². The van der Waals surface area contributed by atoms with E-state index in [0.717, 1.165) is 5.56 Å². The maximum absolute atomic E-state index is 10.9. The Hall–Kier alpha value is -1.89. The number of aromatic nitrogens is 1. The summed E-state index contributed by atoms with van der Waals surface area (Å²) in [5.41, 5.74) is 7.70. The molecule has 0 radical (unpaired) electrons. The third-order valence-electron chi connectivity index (χ3n) is 2.63. The Balaban J connectivity index is 2.71. The molecule has 2 aromatic rings. The Morgan fingerprint density at radius 3 is 2.61 bits per heavy atom. The molecule has 18 heavy (non-hydrogen) atoms. The van der Waals surface area contributed by atoms with E-state index in [1.807, 2.05) is 0 Å². The van der Waals surface area contributed by atoms with Crippen LogP contribution in [-0.4, -0.2) is 10.1 Å². The summed E-state index contributed by atoms with van der Waals surface area (Å²) >= 11 is 3.22. The van der Waals surface area contributed by atoms with Crippen molar-refractivity contribution in [2.24, 2.45) is 0 Å². The van der Waals surface area contributed by atoms with Gasteiger partial charge in [-0.05, 0) is 41.4 Å². The van der Waals surface area contributed by atoms with E-state index in [0.29, 0.717) is 21.5 Å². The van der Waals surface area contributed by atoms with E-state index in [1.165, 1.54) is 6.07 Å². The highest BCUT2D eigenvalue weighted by Crippen LogP contribution is 2.37. The molecule has 1 heterocycles. The highest BCUT2D eigenvalue weighted by molar-refractivity contribution is 9.10. The van der Waals surface area contributed by atoms with Crippen LogP contribution in [0.25, 0.3) is 11.1 Å². The molecule has 0 bridgehead atoms. The molecule has 6 nitrogen and oxygen atoms in total. The lowest BCUT2D eigenvalue weighted by molar-refractivity contribution is -0.383. The highest BCUT2D eigenvalue weighted by Gasteiger charge is 2.20. The average Bonchev–Trinajstić information content (AvgIpc) is 2.62. The van der Waals surface area contributed by atoms with Crippen molar-refractivity contribution in [3.63, 3.8) is 0 Å². The first-order valence-electron chi connectivity index (χ1n) is 5.08. The van der Waals surface area contributed by atoms with Crippen molar-refractivity contribution in [3.05, 3.63) is 38.2 Å². The second-order valence-electron chi connectivity index (χ2n) is 3.85. The number of benzene rings is 1. The van der Waals surface area contributed by atoms with Gasteiger partial charge in [0.05, 0.1) is 10.6 Å². The lowest BCUT2D eigenvalue weighted by Crippen LogP contribution is -1.97. The highest BCUT2D eigenvalue weighted by atomic mass is 79.9. The van der Waals surface area contributed by atoms with Gasteiger partial charge in [0, 0.05) is 16.1 Å². The topological polar surface area (TPSA) is 95.2 Å². The van der Waals surface area contributed by atoms with Gasteiger partial charge in [-0.15, -0.1) is 0 Å². The number of rotatable bonds is 2. The zero-order valence-electron chi connectivity index (χ0n) is 9.73. The average molecular weight is 312 g/mol. The number of nitrogens with two attached hydrogens (primary N) is 1. The second-order valence-corrected chi connectivity index (χ2v) is 4.70. The summed E-state index contributed by atoms with van der Waals surface area (Å²) in [6.07, 6.45) is 0. The van der Waals surface area contributed by atoms with Crippen LogP contribution in [0.3, 0.4) is 0 Å². The molecule has 1 aromatic heterocycles. The van der Waals surface area contributed by atoms with Crippen molar-refractivity contribution < 1.29 is 9.45 Å². The Bertz CT molecular complexity index is 617. The molecule has 0 fully saturated rings. The van der Waals surface area contributed by atoms with E-state index in [-0.39, 0.29) is 11.4 Å². The summed E-state index contributed by atoms with van der Waals surface area (Å²) in [5, 5.41) is 14.8. The molecular weight excluding hydrogens is 302 g/mol. The molecule has 0 unspecified atom stereocenters. The largest absolute Gasteiger partial charge is 0.392 e. The zero-order valence-corrected chi connectivity index (χ0v) is 11.3. The number of hydrogen-bond acceptors (Lipinski definition) is 5. The van der Waals surface area contributed by atoms with Crippen LogP contribution in [0.4, 0.5) is 11.4 Å². The Morgan fingerprint density at radius 2 is 2.11 bits per heavy atom. The van der Waals surface area contributed by atoms with Crippen LogP contribution in [0.5, 0.6) is 0 Å². The second kappa shape index (κ2) is 4.41. The maximum atomic E-state index is 10.9. The minimum absolute atomic E-state index is 0.107. The maximum Gasteiger partial charge on any atom is 0.293 e. The van der Waals surface area contributed by atoms with E-state index in [9.17, 15) is 10.1 Å². The summed E-state index contributed by atoms with van der Waals surface area (Å²) in [7, 11) is 0. The summed E-state index contributed by atoms with van der Waals surface area (Å²) in [5.74, 6) is 0.610. The number of nitro benzene ring substituents is 1. The molecule has 0 atom stereocenters. The summed E-state index contributed by atoms with van der Waals surface area (Å²) < 4.78 is 5.53. The Morgan fingerprint density at radius 1 is 1.44 bits per heavy atom. The fraction of sp³-hybridized carbons (Fsp3) is 0.182. The molecule has 7 heteroatoms. The molecule has 0 aliphatic carbocycles. The first-order valence-corrected chi connectivity index (χ1v) is 5.87. The fourth-order valence-electron chi connectivity index (χ4n) is 1.79. The molecule has 0 saturated heterocycles. The standard InChI is InChI=1S/C11H10BrN3O3/c1-5-10(6(2)18-14-5)7-3-8(12)11(13)9(4-7)15(16)17/h3-4H,13H2,1-2H3.